The number of methoxy groups -OCH3 is 1. The van der Waals surface area contributed by atoms with Crippen LogP contribution in [-0.4, -0.2) is 41.1 Å². The summed E-state index contributed by atoms with van der Waals surface area (Å²) in [7, 11) is 1.18. The molecular weight excluding hydrogens is 398 g/mol. The van der Waals surface area contributed by atoms with Crippen molar-refractivity contribution in [3.8, 4) is 11.3 Å². The fraction of sp³-hybridized carbons (Fsp3) is 0.200. The molecule has 2 aromatic rings. The van der Waals surface area contributed by atoms with Gasteiger partial charge >= 0.3 is 5.97 Å². The molecule has 1 atom stereocenters. The first-order valence-electron chi connectivity index (χ1n) is 8.50. The van der Waals surface area contributed by atoms with Crippen LogP contribution in [0.5, 0.6) is 0 Å². The largest absolute Gasteiger partial charge is 0.545 e. The van der Waals surface area contributed by atoms with Crippen LogP contribution in [0.1, 0.15) is 28.6 Å². The van der Waals surface area contributed by atoms with E-state index in [0.29, 0.717) is 34.4 Å². The minimum Gasteiger partial charge on any atom is -0.545 e. The third-order valence-corrected chi connectivity index (χ3v) is 5.26. The zero-order valence-corrected chi connectivity index (χ0v) is 16.6. The predicted molar refractivity (Wildman–Crippen MR) is 102 cm³/mol. The SMILES string of the molecule is COC(=O)[C@@H](C)N1C(=O)S/C(=C\c2ccc(-c3ccc(C(=O)[O-])cc3C)o2)C1=O. The van der Waals surface area contributed by atoms with Crippen LogP contribution in [0.4, 0.5) is 4.79 Å². The Balaban J connectivity index is 1.85. The number of esters is 1. The van der Waals surface area contributed by atoms with E-state index in [-0.39, 0.29) is 10.5 Å². The molecule has 1 fully saturated rings. The van der Waals surface area contributed by atoms with Gasteiger partial charge in [0.15, 0.2) is 0 Å². The molecule has 0 radical (unpaired) electrons. The van der Waals surface area contributed by atoms with Crippen LogP contribution >= 0.6 is 11.8 Å². The molecule has 8 nitrogen and oxygen atoms in total. The van der Waals surface area contributed by atoms with Crippen LogP contribution in [-0.2, 0) is 14.3 Å². The second kappa shape index (κ2) is 7.96. The smallest absolute Gasteiger partial charge is 0.328 e. The van der Waals surface area contributed by atoms with Crippen LogP contribution < -0.4 is 5.11 Å². The number of hydrogen-bond acceptors (Lipinski definition) is 8. The van der Waals surface area contributed by atoms with Crippen molar-refractivity contribution in [2.24, 2.45) is 0 Å². The maximum Gasteiger partial charge on any atom is 0.328 e. The number of amides is 2. The molecular formula is C20H16NO7S-. The van der Waals surface area contributed by atoms with Crippen LogP contribution in [0.3, 0.4) is 0 Å². The van der Waals surface area contributed by atoms with E-state index in [1.165, 1.54) is 32.2 Å². The second-order valence-corrected chi connectivity index (χ2v) is 7.26. The number of thioether (sulfide) groups is 1. The molecule has 150 valence electrons. The average Bonchev–Trinajstić information content (AvgIpc) is 3.25. The monoisotopic (exact) mass is 414 g/mol. The van der Waals surface area contributed by atoms with Crippen LogP contribution in [0.2, 0.25) is 0 Å². The van der Waals surface area contributed by atoms with Crippen LogP contribution in [0, 0.1) is 6.92 Å². The molecule has 1 aliphatic rings. The van der Waals surface area contributed by atoms with Crippen molar-refractivity contribution in [3.63, 3.8) is 0 Å². The van der Waals surface area contributed by atoms with E-state index in [9.17, 15) is 24.3 Å². The Labute approximate surface area is 170 Å². The number of carbonyl (C=O) groups excluding carboxylic acids is 4. The summed E-state index contributed by atoms with van der Waals surface area (Å²) in [5.74, 6) is -1.76. The first-order valence-corrected chi connectivity index (χ1v) is 9.31. The lowest BCUT2D eigenvalue weighted by Crippen LogP contribution is -2.42. The highest BCUT2D eigenvalue weighted by Crippen LogP contribution is 2.35. The molecule has 0 bridgehead atoms. The molecule has 1 aromatic carbocycles. The fourth-order valence-electron chi connectivity index (χ4n) is 2.86. The lowest BCUT2D eigenvalue weighted by Gasteiger charge is -2.18. The maximum absolute atomic E-state index is 12.5. The Kier molecular flexibility index (Phi) is 5.60. The number of furan rings is 1. The highest BCUT2D eigenvalue weighted by Gasteiger charge is 2.41. The van der Waals surface area contributed by atoms with Crippen molar-refractivity contribution < 1.29 is 33.4 Å². The number of aryl methyl sites for hydroxylation is 1. The molecule has 0 spiro atoms. The number of benzene rings is 1. The number of nitrogens with zero attached hydrogens (tertiary/aromatic N) is 1. The van der Waals surface area contributed by atoms with Crippen molar-refractivity contribution in [2.75, 3.05) is 7.11 Å². The van der Waals surface area contributed by atoms with E-state index in [1.807, 2.05) is 0 Å². The molecule has 2 amide bonds. The second-order valence-electron chi connectivity index (χ2n) is 6.27. The molecule has 0 N–H and O–H groups in total. The Morgan fingerprint density at radius 2 is 1.97 bits per heavy atom. The number of hydrogen-bond donors (Lipinski definition) is 0. The highest BCUT2D eigenvalue weighted by atomic mass is 32.2. The van der Waals surface area contributed by atoms with Gasteiger partial charge in [0, 0.05) is 11.6 Å². The lowest BCUT2D eigenvalue weighted by molar-refractivity contribution is -0.255. The van der Waals surface area contributed by atoms with Crippen molar-refractivity contribution in [1.82, 2.24) is 4.90 Å². The molecule has 2 heterocycles. The summed E-state index contributed by atoms with van der Waals surface area (Å²) in [6.45, 7) is 3.15. The molecule has 1 aromatic heterocycles. The first-order chi connectivity index (χ1) is 13.7. The quantitative estimate of drug-likeness (QED) is 0.540. The summed E-state index contributed by atoms with van der Waals surface area (Å²) in [6.07, 6.45) is 1.42. The molecule has 1 aliphatic heterocycles. The zero-order chi connectivity index (χ0) is 21.3. The molecule has 0 aliphatic carbocycles. The highest BCUT2D eigenvalue weighted by molar-refractivity contribution is 8.18. The van der Waals surface area contributed by atoms with E-state index in [0.717, 1.165) is 4.90 Å². The van der Waals surface area contributed by atoms with Gasteiger partial charge in [0.1, 0.15) is 17.6 Å². The predicted octanol–water partition coefficient (Wildman–Crippen LogP) is 2.22. The standard InChI is InChI=1S/C20H17NO7S/c1-10-8-12(18(23)24)4-6-14(10)15-7-5-13(28-15)9-16-17(22)21(20(26)29-16)11(2)19(25)27-3/h4-9,11H,1-3H3,(H,23,24)/p-1/b16-9-/t11-/m1/s1. The summed E-state index contributed by atoms with van der Waals surface area (Å²) in [6, 6.07) is 6.77. The minimum atomic E-state index is -1.27. The molecule has 0 unspecified atom stereocenters. The van der Waals surface area contributed by atoms with Gasteiger partial charge in [0.25, 0.3) is 11.1 Å². The van der Waals surface area contributed by atoms with Gasteiger partial charge in [-0.3, -0.25) is 14.5 Å². The summed E-state index contributed by atoms with van der Waals surface area (Å²) >= 11 is 0.705. The van der Waals surface area contributed by atoms with E-state index in [1.54, 1.807) is 25.1 Å². The van der Waals surface area contributed by atoms with Gasteiger partial charge in [-0.2, -0.15) is 0 Å². The van der Waals surface area contributed by atoms with Gasteiger partial charge in [-0.25, -0.2) is 4.79 Å². The third kappa shape index (κ3) is 3.95. The Morgan fingerprint density at radius 1 is 1.24 bits per heavy atom. The number of imide groups is 1. The van der Waals surface area contributed by atoms with E-state index >= 15 is 0 Å². The van der Waals surface area contributed by atoms with Gasteiger partial charge in [0.05, 0.1) is 18.0 Å². The molecule has 3 rings (SSSR count). The molecule has 29 heavy (non-hydrogen) atoms. The van der Waals surface area contributed by atoms with E-state index in [4.69, 9.17) is 4.42 Å². The fourth-order valence-corrected chi connectivity index (χ4v) is 3.75. The number of carboxylic acids is 1. The van der Waals surface area contributed by atoms with E-state index in [2.05, 4.69) is 4.74 Å². The Bertz CT molecular complexity index is 1050. The van der Waals surface area contributed by atoms with Gasteiger partial charge in [-0.15, -0.1) is 0 Å². The lowest BCUT2D eigenvalue weighted by atomic mass is 10.0. The zero-order valence-electron chi connectivity index (χ0n) is 15.8. The van der Waals surface area contributed by atoms with Gasteiger partial charge in [-0.05, 0) is 54.9 Å². The van der Waals surface area contributed by atoms with Gasteiger partial charge in [0.2, 0.25) is 0 Å². The van der Waals surface area contributed by atoms with Crippen molar-refractivity contribution >= 4 is 40.9 Å². The summed E-state index contributed by atoms with van der Waals surface area (Å²) in [4.78, 5) is 48.2. The van der Waals surface area contributed by atoms with Gasteiger partial charge in [-0.1, -0.05) is 12.1 Å². The number of carboxylic acid groups (broad SMARTS) is 1. The number of aromatic carboxylic acids is 1. The van der Waals surface area contributed by atoms with Crippen molar-refractivity contribution in [3.05, 3.63) is 52.1 Å². The third-order valence-electron chi connectivity index (χ3n) is 4.38. The normalized spacial score (nSPS) is 16.4. The molecule has 0 saturated carbocycles. The molecule has 9 heteroatoms. The minimum absolute atomic E-state index is 0.0615. The Morgan fingerprint density at radius 3 is 2.59 bits per heavy atom. The molecule has 1 saturated heterocycles. The maximum atomic E-state index is 12.5. The van der Waals surface area contributed by atoms with Crippen molar-refractivity contribution in [1.29, 1.82) is 0 Å². The van der Waals surface area contributed by atoms with Crippen LogP contribution in [0.25, 0.3) is 17.4 Å². The number of carbonyl (C=O) groups is 4. The summed E-state index contributed by atoms with van der Waals surface area (Å²) in [5, 5.41) is 10.4. The van der Waals surface area contributed by atoms with E-state index < -0.39 is 29.1 Å². The topological polar surface area (TPSA) is 117 Å². The summed E-state index contributed by atoms with van der Waals surface area (Å²) < 4.78 is 10.3. The number of ether oxygens (including phenoxy) is 1. The first kappa shape index (κ1) is 20.4. The number of rotatable bonds is 5. The van der Waals surface area contributed by atoms with Gasteiger partial charge < -0.3 is 19.1 Å². The summed E-state index contributed by atoms with van der Waals surface area (Å²) in [5.41, 5.74) is 1.42. The van der Waals surface area contributed by atoms with Crippen LogP contribution in [0.15, 0.2) is 39.7 Å². The average molecular weight is 414 g/mol. The Hall–Kier alpha value is -3.33. The van der Waals surface area contributed by atoms with Crippen molar-refractivity contribution in [2.45, 2.75) is 19.9 Å².